The Morgan fingerprint density at radius 3 is 2.80 bits per heavy atom. The van der Waals surface area contributed by atoms with E-state index >= 15 is 0 Å². The van der Waals surface area contributed by atoms with E-state index in [1.165, 1.54) is 43.7 Å². The minimum Gasteiger partial charge on any atom is -0.496 e. The van der Waals surface area contributed by atoms with Gasteiger partial charge in [0.15, 0.2) is 0 Å². The first-order valence-corrected chi connectivity index (χ1v) is 9.24. The highest BCUT2D eigenvalue weighted by atomic mass is 16.5. The van der Waals surface area contributed by atoms with Gasteiger partial charge in [0.2, 0.25) is 0 Å². The van der Waals surface area contributed by atoms with E-state index in [0.717, 1.165) is 31.2 Å². The van der Waals surface area contributed by atoms with Crippen molar-refractivity contribution in [3.8, 4) is 5.75 Å². The number of aromatic nitrogens is 2. The Hall–Kier alpha value is -1.85. The SMILES string of the molecule is COc1ccccc1CCN1CCC(CN(C)Cc2cnc[nH]2)CC1. The van der Waals surface area contributed by atoms with Crippen LogP contribution in [0, 0.1) is 5.92 Å². The van der Waals surface area contributed by atoms with E-state index in [1.54, 1.807) is 13.4 Å². The van der Waals surface area contributed by atoms with E-state index in [9.17, 15) is 0 Å². The van der Waals surface area contributed by atoms with Crippen LogP contribution in [0.5, 0.6) is 5.75 Å². The third kappa shape index (κ3) is 5.31. The molecule has 0 bridgehead atoms. The van der Waals surface area contributed by atoms with Gasteiger partial charge in [0.05, 0.1) is 13.4 Å². The summed E-state index contributed by atoms with van der Waals surface area (Å²) in [4.78, 5) is 12.3. The zero-order valence-electron chi connectivity index (χ0n) is 15.4. The monoisotopic (exact) mass is 342 g/mol. The smallest absolute Gasteiger partial charge is 0.122 e. The van der Waals surface area contributed by atoms with Crippen molar-refractivity contribution >= 4 is 0 Å². The number of para-hydroxylation sites is 1. The van der Waals surface area contributed by atoms with E-state index in [-0.39, 0.29) is 0 Å². The molecule has 0 amide bonds. The summed E-state index contributed by atoms with van der Waals surface area (Å²) >= 11 is 0. The van der Waals surface area contributed by atoms with Crippen molar-refractivity contribution in [1.82, 2.24) is 19.8 Å². The maximum Gasteiger partial charge on any atom is 0.122 e. The summed E-state index contributed by atoms with van der Waals surface area (Å²) in [5.41, 5.74) is 2.50. The normalized spacial score (nSPS) is 16.4. The Morgan fingerprint density at radius 1 is 1.28 bits per heavy atom. The van der Waals surface area contributed by atoms with Crippen molar-refractivity contribution in [3.05, 3.63) is 48.0 Å². The van der Waals surface area contributed by atoms with Gasteiger partial charge in [0.1, 0.15) is 5.75 Å². The second-order valence-electron chi connectivity index (χ2n) is 7.12. The van der Waals surface area contributed by atoms with E-state index < -0.39 is 0 Å². The Balaban J connectivity index is 1.38. The first kappa shape index (κ1) is 18.0. The summed E-state index contributed by atoms with van der Waals surface area (Å²) < 4.78 is 5.46. The molecule has 3 rings (SSSR count). The molecular weight excluding hydrogens is 312 g/mol. The number of imidazole rings is 1. The quantitative estimate of drug-likeness (QED) is 0.801. The molecule has 0 unspecified atom stereocenters. The molecule has 1 fully saturated rings. The summed E-state index contributed by atoms with van der Waals surface area (Å²) in [7, 11) is 3.96. The molecule has 0 aliphatic carbocycles. The van der Waals surface area contributed by atoms with Crippen molar-refractivity contribution in [2.75, 3.05) is 40.3 Å². The van der Waals surface area contributed by atoms with Crippen LogP contribution in [0.3, 0.4) is 0 Å². The van der Waals surface area contributed by atoms with Crippen LogP contribution in [0.1, 0.15) is 24.1 Å². The van der Waals surface area contributed by atoms with Crippen LogP contribution in [-0.2, 0) is 13.0 Å². The van der Waals surface area contributed by atoms with E-state index in [2.05, 4.69) is 45.0 Å². The van der Waals surface area contributed by atoms with Crippen LogP contribution < -0.4 is 4.74 Å². The van der Waals surface area contributed by atoms with E-state index in [4.69, 9.17) is 4.74 Å². The Bertz CT molecular complexity index is 620. The number of H-pyrrole nitrogens is 1. The summed E-state index contributed by atoms with van der Waals surface area (Å²) in [5, 5.41) is 0. The zero-order chi connectivity index (χ0) is 17.5. The third-order valence-electron chi connectivity index (χ3n) is 5.16. The van der Waals surface area contributed by atoms with Gasteiger partial charge in [-0.05, 0) is 56.9 Å². The molecule has 2 aromatic rings. The fourth-order valence-corrected chi connectivity index (χ4v) is 3.75. The molecule has 1 saturated heterocycles. The number of piperidine rings is 1. The molecule has 0 radical (unpaired) electrons. The Kier molecular flexibility index (Phi) is 6.48. The maximum absolute atomic E-state index is 5.46. The molecular formula is C20H30N4O. The lowest BCUT2D eigenvalue weighted by atomic mass is 9.96. The molecule has 0 atom stereocenters. The third-order valence-corrected chi connectivity index (χ3v) is 5.16. The van der Waals surface area contributed by atoms with Gasteiger partial charge in [-0.3, -0.25) is 0 Å². The molecule has 5 heteroatoms. The number of likely N-dealkylation sites (tertiary alicyclic amines) is 1. The van der Waals surface area contributed by atoms with Crippen LogP contribution in [0.25, 0.3) is 0 Å². The van der Waals surface area contributed by atoms with Crippen LogP contribution >= 0.6 is 0 Å². The first-order valence-electron chi connectivity index (χ1n) is 9.24. The first-order chi connectivity index (χ1) is 12.2. The van der Waals surface area contributed by atoms with Crippen molar-refractivity contribution in [2.24, 2.45) is 5.92 Å². The predicted octanol–water partition coefficient (Wildman–Crippen LogP) is 2.80. The van der Waals surface area contributed by atoms with Crippen LogP contribution in [-0.4, -0.2) is 60.1 Å². The minimum absolute atomic E-state index is 0.801. The number of rotatable bonds is 8. The topological polar surface area (TPSA) is 44.4 Å². The summed E-state index contributed by atoms with van der Waals surface area (Å²) in [6.45, 7) is 5.65. The molecule has 1 aromatic carbocycles. The van der Waals surface area contributed by atoms with Crippen LogP contribution in [0.2, 0.25) is 0 Å². The summed E-state index contributed by atoms with van der Waals surface area (Å²) in [6.07, 6.45) is 7.31. The Labute approximate surface area is 151 Å². The number of benzene rings is 1. The zero-order valence-corrected chi connectivity index (χ0v) is 15.4. The highest BCUT2D eigenvalue weighted by molar-refractivity contribution is 5.33. The van der Waals surface area contributed by atoms with Gasteiger partial charge in [-0.1, -0.05) is 18.2 Å². The second-order valence-corrected chi connectivity index (χ2v) is 7.12. The van der Waals surface area contributed by atoms with Gasteiger partial charge < -0.3 is 19.5 Å². The Morgan fingerprint density at radius 2 is 2.08 bits per heavy atom. The predicted molar refractivity (Wildman–Crippen MR) is 101 cm³/mol. The molecule has 5 nitrogen and oxygen atoms in total. The molecule has 1 aliphatic heterocycles. The molecule has 136 valence electrons. The molecule has 1 aromatic heterocycles. The highest BCUT2D eigenvalue weighted by Crippen LogP contribution is 2.21. The van der Waals surface area contributed by atoms with E-state index in [0.29, 0.717) is 0 Å². The van der Waals surface area contributed by atoms with Crippen molar-refractivity contribution in [3.63, 3.8) is 0 Å². The van der Waals surface area contributed by atoms with Gasteiger partial charge in [-0.15, -0.1) is 0 Å². The highest BCUT2D eigenvalue weighted by Gasteiger charge is 2.20. The molecule has 2 heterocycles. The van der Waals surface area contributed by atoms with Crippen molar-refractivity contribution < 1.29 is 4.74 Å². The lowest BCUT2D eigenvalue weighted by Crippen LogP contribution is -2.38. The van der Waals surface area contributed by atoms with Crippen LogP contribution in [0.4, 0.5) is 0 Å². The number of hydrogen-bond acceptors (Lipinski definition) is 4. The molecule has 0 saturated carbocycles. The number of hydrogen-bond donors (Lipinski definition) is 1. The molecule has 1 aliphatic rings. The summed E-state index contributed by atoms with van der Waals surface area (Å²) in [5.74, 6) is 1.81. The van der Waals surface area contributed by atoms with E-state index in [1.807, 2.05) is 12.3 Å². The van der Waals surface area contributed by atoms with Crippen molar-refractivity contribution in [2.45, 2.75) is 25.8 Å². The molecule has 25 heavy (non-hydrogen) atoms. The average molecular weight is 342 g/mol. The fourth-order valence-electron chi connectivity index (χ4n) is 3.75. The van der Waals surface area contributed by atoms with Gasteiger partial charge in [-0.2, -0.15) is 0 Å². The lowest BCUT2D eigenvalue weighted by molar-refractivity contribution is 0.152. The number of ether oxygens (including phenoxy) is 1. The fraction of sp³-hybridized carbons (Fsp3) is 0.550. The van der Waals surface area contributed by atoms with Gasteiger partial charge in [-0.25, -0.2) is 4.98 Å². The van der Waals surface area contributed by atoms with Gasteiger partial charge in [0.25, 0.3) is 0 Å². The van der Waals surface area contributed by atoms with Gasteiger partial charge >= 0.3 is 0 Å². The lowest BCUT2D eigenvalue weighted by Gasteiger charge is -2.34. The van der Waals surface area contributed by atoms with Crippen molar-refractivity contribution in [1.29, 1.82) is 0 Å². The molecule has 1 N–H and O–H groups in total. The van der Waals surface area contributed by atoms with Crippen LogP contribution in [0.15, 0.2) is 36.8 Å². The second kappa shape index (κ2) is 9.02. The molecule has 0 spiro atoms. The minimum atomic E-state index is 0.801. The number of nitrogens with zero attached hydrogens (tertiary/aromatic N) is 3. The number of aromatic amines is 1. The average Bonchev–Trinajstić information content (AvgIpc) is 3.14. The number of nitrogens with one attached hydrogen (secondary N) is 1. The van der Waals surface area contributed by atoms with Gasteiger partial charge in [0, 0.05) is 31.5 Å². The number of methoxy groups -OCH3 is 1. The largest absolute Gasteiger partial charge is 0.496 e. The maximum atomic E-state index is 5.46. The standard InChI is InChI=1S/C20H30N4O/c1-23(15-19-13-21-16-22-19)14-17-7-10-24(11-8-17)12-9-18-5-3-4-6-20(18)25-2/h3-6,13,16-17H,7-12,14-15H2,1-2H3,(H,21,22). The summed E-state index contributed by atoms with van der Waals surface area (Å²) in [6, 6.07) is 8.36.